The van der Waals surface area contributed by atoms with E-state index in [4.69, 9.17) is 10.5 Å². The van der Waals surface area contributed by atoms with Gasteiger partial charge in [-0.05, 0) is 36.4 Å². The SMILES string of the molecule is C=C(Nc1ccc(C#N)c(C(F)(F)F)c1)Nc1ccc(C#N)c(C(F)(F)F)c1. The molecular formula is C18H10F6N4. The van der Waals surface area contributed by atoms with Crippen LogP contribution in [0.4, 0.5) is 37.7 Å². The van der Waals surface area contributed by atoms with Crippen LogP contribution in [-0.4, -0.2) is 0 Å². The Bertz CT molecular complexity index is 914. The summed E-state index contributed by atoms with van der Waals surface area (Å²) in [4.78, 5) is 0. The smallest absolute Gasteiger partial charge is 0.342 e. The lowest BCUT2D eigenvalue weighted by Gasteiger charge is -2.16. The van der Waals surface area contributed by atoms with Gasteiger partial charge in [0.05, 0.1) is 34.4 Å². The van der Waals surface area contributed by atoms with Crippen molar-refractivity contribution >= 4 is 11.4 Å². The molecule has 0 aliphatic rings. The Labute approximate surface area is 155 Å². The first-order chi connectivity index (χ1) is 13.0. The van der Waals surface area contributed by atoms with Crippen molar-refractivity contribution in [1.82, 2.24) is 0 Å². The molecule has 0 unspecified atom stereocenters. The molecule has 0 bridgehead atoms. The summed E-state index contributed by atoms with van der Waals surface area (Å²) in [7, 11) is 0. The van der Waals surface area contributed by atoms with Crippen molar-refractivity contribution in [2.45, 2.75) is 12.4 Å². The van der Waals surface area contributed by atoms with Gasteiger partial charge in [0.15, 0.2) is 0 Å². The molecule has 2 aromatic rings. The summed E-state index contributed by atoms with van der Waals surface area (Å²) in [5, 5.41) is 22.5. The van der Waals surface area contributed by atoms with Crippen LogP contribution < -0.4 is 10.6 Å². The zero-order valence-electron chi connectivity index (χ0n) is 13.8. The van der Waals surface area contributed by atoms with Crippen LogP contribution in [0.15, 0.2) is 48.8 Å². The molecule has 0 saturated heterocycles. The lowest BCUT2D eigenvalue weighted by Crippen LogP contribution is -2.13. The Balaban J connectivity index is 2.24. The largest absolute Gasteiger partial charge is 0.417 e. The first-order valence-electron chi connectivity index (χ1n) is 7.41. The monoisotopic (exact) mass is 396 g/mol. The van der Waals surface area contributed by atoms with E-state index < -0.39 is 34.6 Å². The average molecular weight is 396 g/mol. The first kappa shape index (κ1) is 20.6. The van der Waals surface area contributed by atoms with Crippen molar-refractivity contribution in [2.75, 3.05) is 10.6 Å². The van der Waals surface area contributed by atoms with Crippen molar-refractivity contribution in [2.24, 2.45) is 0 Å². The predicted octanol–water partition coefficient (Wildman–Crippen LogP) is 5.46. The lowest BCUT2D eigenvalue weighted by molar-refractivity contribution is -0.138. The van der Waals surface area contributed by atoms with Crippen LogP contribution in [0.2, 0.25) is 0 Å². The number of nitrogens with zero attached hydrogens (tertiary/aromatic N) is 2. The van der Waals surface area contributed by atoms with Gasteiger partial charge in [-0.3, -0.25) is 0 Å². The zero-order chi connectivity index (χ0) is 21.1. The summed E-state index contributed by atoms with van der Waals surface area (Å²) in [5.74, 6) is -0.115. The molecule has 2 aromatic carbocycles. The van der Waals surface area contributed by atoms with Crippen LogP contribution in [-0.2, 0) is 12.4 Å². The Kier molecular flexibility index (Phi) is 5.55. The van der Waals surface area contributed by atoms with Gasteiger partial charge in [0, 0.05) is 11.4 Å². The maximum atomic E-state index is 13.0. The minimum Gasteiger partial charge on any atom is -0.342 e. The highest BCUT2D eigenvalue weighted by atomic mass is 19.4. The standard InChI is InChI=1S/C18H10F6N4/c1-10(27-13-4-2-11(8-25)15(6-13)17(19,20)21)28-14-5-3-12(9-26)16(7-14)18(22,23)24/h2-7,27-28H,1H2. The highest BCUT2D eigenvalue weighted by molar-refractivity contribution is 5.60. The van der Waals surface area contributed by atoms with Crippen molar-refractivity contribution < 1.29 is 26.3 Å². The molecule has 0 amide bonds. The van der Waals surface area contributed by atoms with E-state index >= 15 is 0 Å². The molecule has 0 aliphatic heterocycles. The van der Waals surface area contributed by atoms with Gasteiger partial charge in [-0.1, -0.05) is 6.58 Å². The summed E-state index contributed by atoms with van der Waals surface area (Å²) in [5.41, 5.74) is -3.62. The molecule has 0 atom stereocenters. The predicted molar refractivity (Wildman–Crippen MR) is 88.7 cm³/mol. The first-order valence-corrected chi connectivity index (χ1v) is 7.41. The second-order valence-electron chi connectivity index (χ2n) is 5.47. The van der Waals surface area contributed by atoms with Crippen LogP contribution in [0, 0.1) is 22.7 Å². The number of nitriles is 2. The summed E-state index contributed by atoms with van der Waals surface area (Å²) < 4.78 is 77.9. The Hall–Kier alpha value is -3.66. The van der Waals surface area contributed by atoms with Gasteiger partial charge in [0.25, 0.3) is 0 Å². The van der Waals surface area contributed by atoms with Crippen molar-refractivity contribution in [3.63, 3.8) is 0 Å². The van der Waals surface area contributed by atoms with Gasteiger partial charge in [-0.25, -0.2) is 0 Å². The van der Waals surface area contributed by atoms with Gasteiger partial charge >= 0.3 is 12.4 Å². The number of hydrogen-bond acceptors (Lipinski definition) is 4. The molecule has 0 fully saturated rings. The molecule has 4 nitrogen and oxygen atoms in total. The Morgan fingerprint density at radius 2 is 1.11 bits per heavy atom. The summed E-state index contributed by atoms with van der Waals surface area (Å²) >= 11 is 0. The van der Waals surface area contributed by atoms with Crippen molar-refractivity contribution in [3.05, 3.63) is 71.1 Å². The van der Waals surface area contributed by atoms with Crippen LogP contribution >= 0.6 is 0 Å². The normalized spacial score (nSPS) is 11.3. The Morgan fingerprint density at radius 3 is 1.39 bits per heavy atom. The fourth-order valence-corrected chi connectivity index (χ4v) is 2.29. The number of rotatable bonds is 4. The molecule has 2 N–H and O–H groups in total. The third-order valence-electron chi connectivity index (χ3n) is 3.48. The quantitative estimate of drug-likeness (QED) is 0.673. The van der Waals surface area contributed by atoms with Gasteiger partial charge in [-0.2, -0.15) is 36.9 Å². The summed E-state index contributed by atoms with van der Waals surface area (Å²) in [6.45, 7) is 3.50. The number of alkyl halides is 6. The fraction of sp³-hybridized carbons (Fsp3) is 0.111. The van der Waals surface area contributed by atoms with E-state index in [1.165, 1.54) is 24.3 Å². The number of halogens is 6. The highest BCUT2D eigenvalue weighted by Crippen LogP contribution is 2.35. The van der Waals surface area contributed by atoms with E-state index in [2.05, 4.69) is 17.2 Å². The fourth-order valence-electron chi connectivity index (χ4n) is 2.29. The lowest BCUT2D eigenvalue weighted by atomic mass is 10.1. The minimum atomic E-state index is -4.76. The number of benzene rings is 2. The summed E-state index contributed by atoms with van der Waals surface area (Å²) in [6.07, 6.45) is -9.52. The molecule has 144 valence electrons. The van der Waals surface area contributed by atoms with Crippen LogP contribution in [0.5, 0.6) is 0 Å². The third-order valence-corrected chi connectivity index (χ3v) is 3.48. The van der Waals surface area contributed by atoms with Gasteiger partial charge in [0.1, 0.15) is 5.82 Å². The van der Waals surface area contributed by atoms with Gasteiger partial charge in [-0.15, -0.1) is 0 Å². The number of hydrogen-bond donors (Lipinski definition) is 2. The molecule has 10 heteroatoms. The van der Waals surface area contributed by atoms with Crippen LogP contribution in [0.1, 0.15) is 22.3 Å². The van der Waals surface area contributed by atoms with E-state index in [-0.39, 0.29) is 17.2 Å². The molecule has 0 saturated carbocycles. The number of nitrogens with one attached hydrogen (secondary N) is 2. The molecular weight excluding hydrogens is 386 g/mol. The van der Waals surface area contributed by atoms with E-state index in [0.717, 1.165) is 12.1 Å². The maximum absolute atomic E-state index is 13.0. The molecule has 0 radical (unpaired) electrons. The number of anilines is 2. The van der Waals surface area contributed by atoms with Crippen LogP contribution in [0.3, 0.4) is 0 Å². The average Bonchev–Trinajstić information content (AvgIpc) is 2.60. The highest BCUT2D eigenvalue weighted by Gasteiger charge is 2.34. The topological polar surface area (TPSA) is 71.6 Å². The van der Waals surface area contributed by atoms with Gasteiger partial charge < -0.3 is 10.6 Å². The molecule has 28 heavy (non-hydrogen) atoms. The maximum Gasteiger partial charge on any atom is 0.417 e. The van der Waals surface area contributed by atoms with E-state index in [9.17, 15) is 26.3 Å². The van der Waals surface area contributed by atoms with E-state index in [1.54, 1.807) is 0 Å². The van der Waals surface area contributed by atoms with Crippen molar-refractivity contribution in [1.29, 1.82) is 10.5 Å². The zero-order valence-corrected chi connectivity index (χ0v) is 13.8. The molecule has 0 spiro atoms. The molecule has 0 aromatic heterocycles. The molecule has 2 rings (SSSR count). The van der Waals surface area contributed by atoms with Crippen molar-refractivity contribution in [3.8, 4) is 12.1 Å². The second kappa shape index (κ2) is 7.53. The Morgan fingerprint density at radius 1 is 0.750 bits per heavy atom. The molecule has 0 heterocycles. The van der Waals surface area contributed by atoms with E-state index in [1.807, 2.05) is 0 Å². The van der Waals surface area contributed by atoms with Gasteiger partial charge in [0.2, 0.25) is 0 Å². The second-order valence-corrected chi connectivity index (χ2v) is 5.47. The minimum absolute atomic E-state index is 0.0754. The van der Waals surface area contributed by atoms with E-state index in [0.29, 0.717) is 12.1 Å². The molecule has 0 aliphatic carbocycles. The summed E-state index contributed by atoms with van der Waals surface area (Å²) in [6, 6.07) is 8.55. The third kappa shape index (κ3) is 4.74. The van der Waals surface area contributed by atoms with Crippen LogP contribution in [0.25, 0.3) is 0 Å².